The molecule has 0 heterocycles. The fraction of sp³-hybridized carbons (Fsp3) is 0.750. The Bertz CT molecular complexity index is 395. The standard InChI is InChI=1S/C12H22N2Si2.6C2H6N.2Zr/c1-15(2,3)13-11-7-9-12(10-8-11)14-16(4,5)6;6*1-3-2;;/h7-10H,1-6H3;6*1-2H3;;/q-2;6*-1;2*+4. The van der Waals surface area contributed by atoms with Crippen LogP contribution >= 0.6 is 0 Å². The second-order valence-corrected chi connectivity index (χ2v) is 17.9. The van der Waals surface area contributed by atoms with Gasteiger partial charge in [-0.1, -0.05) is 63.5 Å². The van der Waals surface area contributed by atoms with Gasteiger partial charge in [-0.05, 0) is 16.5 Å². The molecule has 0 radical (unpaired) electrons. The van der Waals surface area contributed by atoms with Gasteiger partial charge in [-0.15, -0.1) is 11.4 Å². The van der Waals surface area contributed by atoms with E-state index in [1.165, 1.54) is 0 Å². The van der Waals surface area contributed by atoms with Gasteiger partial charge in [0.15, 0.2) is 0 Å². The van der Waals surface area contributed by atoms with E-state index < -0.39 is 16.5 Å². The van der Waals surface area contributed by atoms with Gasteiger partial charge in [0.25, 0.3) is 0 Å². The van der Waals surface area contributed by atoms with Crippen LogP contribution in [0.2, 0.25) is 39.3 Å². The summed E-state index contributed by atoms with van der Waals surface area (Å²) < 4.78 is 0. The third kappa shape index (κ3) is 91.9. The summed E-state index contributed by atoms with van der Waals surface area (Å²) in [5, 5.41) is 21.0. The van der Waals surface area contributed by atoms with Gasteiger partial charge in [-0.3, -0.25) is 0 Å². The minimum absolute atomic E-state index is 0. The molecular formula is C24H58N8Si2Zr2. The van der Waals surface area contributed by atoms with Crippen molar-refractivity contribution in [2.45, 2.75) is 39.3 Å². The van der Waals surface area contributed by atoms with E-state index in [9.17, 15) is 0 Å². The van der Waals surface area contributed by atoms with Crippen molar-refractivity contribution in [3.8, 4) is 0 Å². The van der Waals surface area contributed by atoms with Crippen molar-refractivity contribution < 1.29 is 52.4 Å². The summed E-state index contributed by atoms with van der Waals surface area (Å²) in [4.78, 5) is 9.48. The van der Waals surface area contributed by atoms with Gasteiger partial charge in [-0.2, -0.15) is 84.6 Å². The molecule has 0 aromatic heterocycles. The third-order valence-electron chi connectivity index (χ3n) is 1.78. The number of hydrogen-bond acceptors (Lipinski definition) is 0. The number of rotatable bonds is 4. The summed E-state index contributed by atoms with van der Waals surface area (Å²) >= 11 is 0. The number of benzene rings is 1. The predicted octanol–water partition coefficient (Wildman–Crippen LogP) is 9.08. The summed E-state index contributed by atoms with van der Waals surface area (Å²) in [5.74, 6) is 0. The molecule has 0 saturated carbocycles. The second-order valence-electron chi connectivity index (χ2n) is 8.76. The fourth-order valence-corrected chi connectivity index (χ4v) is 3.22. The van der Waals surface area contributed by atoms with Crippen molar-refractivity contribution in [2.75, 3.05) is 84.6 Å². The van der Waals surface area contributed by atoms with Crippen molar-refractivity contribution >= 4 is 27.8 Å². The average molecular weight is 697 g/mol. The molecule has 1 rings (SSSR count). The summed E-state index contributed by atoms with van der Waals surface area (Å²) in [6.45, 7) is 13.5. The molecular weight excluding hydrogens is 639 g/mol. The molecule has 36 heavy (non-hydrogen) atoms. The van der Waals surface area contributed by atoms with Crippen LogP contribution in [0.1, 0.15) is 0 Å². The molecule has 0 unspecified atom stereocenters. The van der Waals surface area contributed by atoms with Crippen molar-refractivity contribution in [3.63, 3.8) is 0 Å². The molecule has 0 fully saturated rings. The maximum absolute atomic E-state index is 4.74. The van der Waals surface area contributed by atoms with Crippen LogP contribution in [0.3, 0.4) is 0 Å². The predicted molar refractivity (Wildman–Crippen MR) is 170 cm³/mol. The Kier molecular flexibility index (Phi) is 72.1. The second kappa shape index (κ2) is 45.7. The molecule has 0 bridgehead atoms. The maximum Gasteiger partial charge on any atom is 4.00 e. The van der Waals surface area contributed by atoms with Gasteiger partial charge in [0, 0.05) is 0 Å². The van der Waals surface area contributed by atoms with E-state index in [-0.39, 0.29) is 52.4 Å². The topological polar surface area (TPSA) is 113 Å². The van der Waals surface area contributed by atoms with Crippen LogP contribution < -0.4 is 0 Å². The average Bonchev–Trinajstić information content (AvgIpc) is 2.65. The van der Waals surface area contributed by atoms with Crippen LogP contribution in [0.25, 0.3) is 41.9 Å². The molecule has 0 spiro atoms. The van der Waals surface area contributed by atoms with Crippen molar-refractivity contribution in [2.24, 2.45) is 0 Å². The first kappa shape index (κ1) is 56.8. The van der Waals surface area contributed by atoms with E-state index in [2.05, 4.69) is 95.4 Å². The van der Waals surface area contributed by atoms with Gasteiger partial charge in [-0.25, -0.2) is 0 Å². The molecule has 12 heteroatoms. The molecule has 0 saturated heterocycles. The SMILES string of the molecule is C[N-]C.C[N-]C.C[N-]C.C[N-]C.C[N-]C.C[N-]C.C[Si](C)(C)[N-]c1ccc([N-][Si](C)(C)C)cc1.[Zr+4].[Zr+4]. The molecule has 8 nitrogen and oxygen atoms in total. The number of nitrogens with zero attached hydrogens (tertiary/aromatic N) is 8. The molecule has 0 aliphatic heterocycles. The van der Waals surface area contributed by atoms with E-state index in [4.69, 9.17) is 9.96 Å². The van der Waals surface area contributed by atoms with Crippen LogP contribution in [0.5, 0.6) is 0 Å². The Morgan fingerprint density at radius 3 is 0.556 bits per heavy atom. The quantitative estimate of drug-likeness (QED) is 0.280. The zero-order chi connectivity index (χ0) is 28.6. The zero-order valence-electron chi connectivity index (χ0n) is 26.9. The number of hydrogen-bond donors (Lipinski definition) is 0. The Labute approximate surface area is 268 Å². The van der Waals surface area contributed by atoms with Crippen molar-refractivity contribution in [1.82, 2.24) is 0 Å². The molecule has 0 N–H and O–H groups in total. The molecule has 0 aliphatic carbocycles. The van der Waals surface area contributed by atoms with Gasteiger partial charge in [0.2, 0.25) is 0 Å². The molecule has 210 valence electrons. The molecule has 1 aromatic carbocycles. The Morgan fingerprint density at radius 1 is 0.361 bits per heavy atom. The van der Waals surface area contributed by atoms with Crippen molar-refractivity contribution in [3.05, 3.63) is 66.1 Å². The van der Waals surface area contributed by atoms with Crippen molar-refractivity contribution in [1.29, 1.82) is 0 Å². The van der Waals surface area contributed by atoms with Crippen LogP contribution in [0.15, 0.2) is 24.3 Å². The smallest absolute Gasteiger partial charge is 0.687 e. The van der Waals surface area contributed by atoms with E-state index in [0.29, 0.717) is 0 Å². The van der Waals surface area contributed by atoms with E-state index >= 15 is 0 Å². The third-order valence-corrected chi connectivity index (χ3v) is 3.64. The molecule has 0 atom stereocenters. The summed E-state index contributed by atoms with van der Waals surface area (Å²) in [6.07, 6.45) is 0. The van der Waals surface area contributed by atoms with E-state index in [0.717, 1.165) is 11.4 Å². The minimum atomic E-state index is -1.36. The molecule has 1 aromatic rings. The van der Waals surface area contributed by atoms with Gasteiger partial charge in [0.1, 0.15) is 0 Å². The Balaban J connectivity index is -0.0000000543. The first-order valence-corrected chi connectivity index (χ1v) is 18.0. The zero-order valence-corrected chi connectivity index (χ0v) is 33.8. The normalized spacial score (nSPS) is 8.50. The Morgan fingerprint density at radius 2 is 0.472 bits per heavy atom. The van der Waals surface area contributed by atoms with Gasteiger partial charge in [0.05, 0.1) is 0 Å². The monoisotopic (exact) mass is 694 g/mol. The van der Waals surface area contributed by atoms with Crippen LogP contribution in [-0.4, -0.2) is 101 Å². The van der Waals surface area contributed by atoms with Crippen LogP contribution in [0.4, 0.5) is 11.4 Å². The Hall–Kier alpha value is 0.780. The summed E-state index contributed by atoms with van der Waals surface area (Å²) in [5.41, 5.74) is 2.18. The van der Waals surface area contributed by atoms with Crippen LogP contribution in [0, 0.1) is 0 Å². The summed E-state index contributed by atoms with van der Waals surface area (Å²) in [6, 6.07) is 8.32. The molecule has 0 amide bonds. The van der Waals surface area contributed by atoms with E-state index in [1.54, 1.807) is 84.6 Å². The largest absolute Gasteiger partial charge is 4.00 e. The first-order chi connectivity index (χ1) is 15.6. The van der Waals surface area contributed by atoms with E-state index in [1.807, 2.05) is 0 Å². The van der Waals surface area contributed by atoms with Gasteiger partial charge >= 0.3 is 52.4 Å². The summed E-state index contributed by atoms with van der Waals surface area (Å²) in [7, 11) is 18.3. The van der Waals surface area contributed by atoms with Gasteiger partial charge < -0.3 is 41.9 Å². The fourth-order valence-electron chi connectivity index (χ4n) is 1.38. The van der Waals surface area contributed by atoms with Crippen LogP contribution in [-0.2, 0) is 52.4 Å². The maximum atomic E-state index is 4.74. The minimum Gasteiger partial charge on any atom is -0.687 e. The first-order valence-electron chi connectivity index (χ1n) is 11.1. The molecule has 0 aliphatic rings.